The minimum Gasteiger partial charge on any atom is -0.389 e. The molecule has 2 bridgehead atoms. The molecule has 0 aromatic carbocycles. The molecule has 0 amide bonds. The zero-order chi connectivity index (χ0) is 13.6. The van der Waals surface area contributed by atoms with Crippen LogP contribution in [0.3, 0.4) is 0 Å². The smallest absolute Gasteiger partial charge is 0.250 e. The molecule has 2 aliphatic rings. The molecule has 0 aliphatic heterocycles. The molecule has 1 aromatic rings. The van der Waals surface area contributed by atoms with Gasteiger partial charge in [-0.3, -0.25) is 0 Å². The maximum Gasteiger partial charge on any atom is 0.250 e. The van der Waals surface area contributed by atoms with Crippen molar-refractivity contribution in [2.24, 2.45) is 17.6 Å². The van der Waals surface area contributed by atoms with Crippen molar-refractivity contribution in [3.05, 3.63) is 17.0 Å². The number of sulfonamides is 1. The molecule has 3 N–H and O–H groups in total. The molecule has 3 atom stereocenters. The van der Waals surface area contributed by atoms with Gasteiger partial charge < -0.3 is 5.73 Å². The van der Waals surface area contributed by atoms with E-state index < -0.39 is 10.0 Å². The van der Waals surface area contributed by atoms with E-state index in [2.05, 4.69) is 4.72 Å². The summed E-state index contributed by atoms with van der Waals surface area (Å²) in [6, 6.07) is 3.36. The number of thiophene rings is 1. The summed E-state index contributed by atoms with van der Waals surface area (Å²) in [6.45, 7) is 0. The molecule has 1 heterocycles. The molecule has 2 fully saturated rings. The summed E-state index contributed by atoms with van der Waals surface area (Å²) in [4.78, 5) is 0.884. The monoisotopic (exact) mass is 316 g/mol. The molecular formula is C12H16N2O2S3. The highest BCUT2D eigenvalue weighted by Gasteiger charge is 2.41. The van der Waals surface area contributed by atoms with Gasteiger partial charge in [0, 0.05) is 6.04 Å². The lowest BCUT2D eigenvalue weighted by Crippen LogP contribution is -2.38. The molecule has 19 heavy (non-hydrogen) atoms. The average Bonchev–Trinajstić information content (AvgIpc) is 3.04. The standard InChI is InChI=1S/C12H16N2O2S3/c13-12(17)10-3-4-11(18-10)19(15,16)14-9-6-7-1-2-8(9)5-7/h3-4,7-9,14H,1-2,5-6H2,(H2,13,17). The molecule has 2 aliphatic carbocycles. The minimum absolute atomic E-state index is 0.110. The molecule has 4 nitrogen and oxygen atoms in total. The van der Waals surface area contributed by atoms with Crippen LogP contribution in [0.5, 0.6) is 0 Å². The summed E-state index contributed by atoms with van der Waals surface area (Å²) in [5.41, 5.74) is 5.51. The fourth-order valence-electron chi connectivity index (χ4n) is 3.24. The largest absolute Gasteiger partial charge is 0.389 e. The summed E-state index contributed by atoms with van der Waals surface area (Å²) >= 11 is 5.99. The Balaban J connectivity index is 1.77. The number of rotatable bonds is 4. The molecule has 3 unspecified atom stereocenters. The molecule has 0 saturated heterocycles. The Labute approximate surface area is 122 Å². The molecule has 2 saturated carbocycles. The lowest BCUT2D eigenvalue weighted by atomic mass is 9.96. The molecular weight excluding hydrogens is 300 g/mol. The third kappa shape index (κ3) is 2.56. The lowest BCUT2D eigenvalue weighted by Gasteiger charge is -2.22. The van der Waals surface area contributed by atoms with Gasteiger partial charge in [-0.15, -0.1) is 11.3 Å². The van der Waals surface area contributed by atoms with Crippen LogP contribution in [0.4, 0.5) is 0 Å². The fraction of sp³-hybridized carbons (Fsp3) is 0.583. The van der Waals surface area contributed by atoms with Crippen molar-refractivity contribution in [2.45, 2.75) is 35.9 Å². The van der Waals surface area contributed by atoms with Crippen molar-refractivity contribution < 1.29 is 8.42 Å². The highest BCUT2D eigenvalue weighted by atomic mass is 32.2. The average molecular weight is 316 g/mol. The van der Waals surface area contributed by atoms with Crippen LogP contribution >= 0.6 is 23.6 Å². The molecule has 0 spiro atoms. The highest BCUT2D eigenvalue weighted by molar-refractivity contribution is 7.91. The Bertz CT molecular complexity index is 608. The van der Waals surface area contributed by atoms with Crippen LogP contribution < -0.4 is 10.5 Å². The van der Waals surface area contributed by atoms with E-state index in [1.807, 2.05) is 0 Å². The molecule has 1 aromatic heterocycles. The van der Waals surface area contributed by atoms with Crippen molar-refractivity contribution in [2.75, 3.05) is 0 Å². The van der Waals surface area contributed by atoms with Crippen LogP contribution in [0.15, 0.2) is 16.3 Å². The minimum atomic E-state index is -3.43. The van der Waals surface area contributed by atoms with E-state index in [9.17, 15) is 8.42 Å². The number of hydrogen-bond donors (Lipinski definition) is 2. The lowest BCUT2D eigenvalue weighted by molar-refractivity contribution is 0.390. The second-order valence-corrected chi connectivity index (χ2v) is 8.85. The Hall–Kier alpha value is -0.500. The van der Waals surface area contributed by atoms with Crippen molar-refractivity contribution in [3.8, 4) is 0 Å². The van der Waals surface area contributed by atoms with Gasteiger partial charge in [-0.05, 0) is 43.2 Å². The first-order valence-corrected chi connectivity index (χ1v) is 9.08. The Morgan fingerprint density at radius 1 is 1.37 bits per heavy atom. The molecule has 7 heteroatoms. The van der Waals surface area contributed by atoms with Gasteiger partial charge in [0.05, 0.1) is 4.88 Å². The summed E-state index contributed by atoms with van der Waals surface area (Å²) in [5.74, 6) is 1.24. The predicted molar refractivity (Wildman–Crippen MR) is 79.8 cm³/mol. The Kier molecular flexibility index (Phi) is 3.41. The van der Waals surface area contributed by atoms with E-state index in [1.165, 1.54) is 12.8 Å². The van der Waals surface area contributed by atoms with Crippen LogP contribution in [0.25, 0.3) is 0 Å². The van der Waals surface area contributed by atoms with Crippen LogP contribution in [0.1, 0.15) is 30.6 Å². The van der Waals surface area contributed by atoms with Gasteiger partial charge in [-0.1, -0.05) is 18.6 Å². The van der Waals surface area contributed by atoms with Gasteiger partial charge in [0.25, 0.3) is 0 Å². The van der Waals surface area contributed by atoms with Gasteiger partial charge in [-0.25, -0.2) is 13.1 Å². The third-order valence-corrected chi connectivity index (χ3v) is 7.58. The quantitative estimate of drug-likeness (QED) is 0.832. The van der Waals surface area contributed by atoms with E-state index in [4.69, 9.17) is 18.0 Å². The molecule has 0 radical (unpaired) electrons. The maximum absolute atomic E-state index is 12.3. The maximum atomic E-state index is 12.3. The third-order valence-electron chi connectivity index (χ3n) is 4.13. The number of nitrogens with two attached hydrogens (primary N) is 1. The van der Waals surface area contributed by atoms with Gasteiger partial charge in [0.1, 0.15) is 9.20 Å². The summed E-state index contributed by atoms with van der Waals surface area (Å²) in [7, 11) is -3.43. The number of hydrogen-bond acceptors (Lipinski definition) is 4. The van der Waals surface area contributed by atoms with Crippen molar-refractivity contribution in [3.63, 3.8) is 0 Å². The van der Waals surface area contributed by atoms with E-state index in [0.717, 1.165) is 24.2 Å². The van der Waals surface area contributed by atoms with Crippen LogP contribution in [-0.2, 0) is 10.0 Å². The van der Waals surface area contributed by atoms with E-state index in [1.54, 1.807) is 12.1 Å². The van der Waals surface area contributed by atoms with Crippen molar-refractivity contribution >= 4 is 38.6 Å². The van der Waals surface area contributed by atoms with E-state index >= 15 is 0 Å². The normalized spacial score (nSPS) is 29.8. The zero-order valence-corrected chi connectivity index (χ0v) is 12.8. The van der Waals surface area contributed by atoms with Gasteiger partial charge in [0.2, 0.25) is 10.0 Å². The predicted octanol–water partition coefficient (Wildman–Crippen LogP) is 1.85. The Morgan fingerprint density at radius 2 is 2.16 bits per heavy atom. The first-order chi connectivity index (χ1) is 8.95. The van der Waals surface area contributed by atoms with Gasteiger partial charge in [0.15, 0.2) is 0 Å². The van der Waals surface area contributed by atoms with E-state index in [-0.39, 0.29) is 11.0 Å². The van der Waals surface area contributed by atoms with Gasteiger partial charge in [-0.2, -0.15) is 0 Å². The summed E-state index contributed by atoms with van der Waals surface area (Å²) < 4.78 is 27.8. The first-order valence-electron chi connectivity index (χ1n) is 6.37. The summed E-state index contributed by atoms with van der Waals surface area (Å²) in [5, 5.41) is 0. The Morgan fingerprint density at radius 3 is 2.68 bits per heavy atom. The van der Waals surface area contributed by atoms with E-state index in [0.29, 0.717) is 20.9 Å². The van der Waals surface area contributed by atoms with Crippen LogP contribution in [-0.4, -0.2) is 19.4 Å². The van der Waals surface area contributed by atoms with Crippen LogP contribution in [0, 0.1) is 11.8 Å². The number of nitrogens with one attached hydrogen (secondary N) is 1. The second-order valence-electron chi connectivity index (χ2n) is 5.39. The zero-order valence-electron chi connectivity index (χ0n) is 10.3. The summed E-state index contributed by atoms with van der Waals surface area (Å²) in [6.07, 6.45) is 4.57. The number of fused-ring (bicyclic) bond motifs is 2. The molecule has 3 rings (SSSR count). The number of thiocarbonyl (C=S) groups is 1. The fourth-order valence-corrected chi connectivity index (χ4v) is 5.93. The molecule has 104 valence electrons. The topological polar surface area (TPSA) is 72.2 Å². The van der Waals surface area contributed by atoms with Crippen molar-refractivity contribution in [1.82, 2.24) is 4.72 Å². The first kappa shape index (κ1) is 13.5. The van der Waals surface area contributed by atoms with Gasteiger partial charge >= 0.3 is 0 Å². The van der Waals surface area contributed by atoms with Crippen LogP contribution in [0.2, 0.25) is 0 Å². The second kappa shape index (κ2) is 4.80. The highest BCUT2D eigenvalue weighted by Crippen LogP contribution is 2.44. The SMILES string of the molecule is NC(=S)c1ccc(S(=O)(=O)NC2CC3CCC2C3)s1. The van der Waals surface area contributed by atoms with Crippen molar-refractivity contribution in [1.29, 1.82) is 0 Å².